The molecule has 1 N–H and O–H groups in total. The molecule has 1 aromatic carbocycles. The first kappa shape index (κ1) is 18.4. The van der Waals surface area contributed by atoms with Crippen LogP contribution in [0.1, 0.15) is 28.8 Å². The van der Waals surface area contributed by atoms with Crippen LogP contribution in [0.3, 0.4) is 0 Å². The fourth-order valence-corrected chi connectivity index (χ4v) is 4.59. The van der Waals surface area contributed by atoms with E-state index in [1.807, 2.05) is 0 Å². The zero-order valence-electron chi connectivity index (χ0n) is 15.1. The summed E-state index contributed by atoms with van der Waals surface area (Å²) in [5.41, 5.74) is 0.894. The Kier molecular flexibility index (Phi) is 5.16. The Labute approximate surface area is 162 Å². The van der Waals surface area contributed by atoms with E-state index in [1.165, 1.54) is 17.7 Å². The number of rotatable bonds is 3. The molecule has 0 radical (unpaired) electrons. The number of nitrogens with zero attached hydrogens (tertiary/aromatic N) is 2. The molecule has 2 saturated heterocycles. The minimum Gasteiger partial charge on any atom is -0.508 e. The van der Waals surface area contributed by atoms with Crippen LogP contribution in [0.2, 0.25) is 0 Å². The van der Waals surface area contributed by atoms with Crippen molar-refractivity contribution in [1.29, 1.82) is 0 Å². The maximum Gasteiger partial charge on any atom is 0.257 e. The van der Waals surface area contributed by atoms with Crippen LogP contribution < -0.4 is 0 Å². The van der Waals surface area contributed by atoms with E-state index in [0.717, 1.165) is 38.5 Å². The third kappa shape index (κ3) is 4.00. The number of halogens is 1. The second kappa shape index (κ2) is 7.58. The number of thiophene rings is 1. The monoisotopic (exact) mass is 390 g/mol. The van der Waals surface area contributed by atoms with Crippen LogP contribution in [0.4, 0.5) is 4.39 Å². The highest BCUT2D eigenvalue weighted by Gasteiger charge is 2.41. The Morgan fingerprint density at radius 2 is 2.07 bits per heavy atom. The van der Waals surface area contributed by atoms with Crippen molar-refractivity contribution in [1.82, 2.24) is 9.80 Å². The molecule has 1 spiro atoms. The standard InChI is InChI=1S/C20H23FN2O3S/c21-18-2-1-16(24)11-17(18)19(25)23-8-9-26-20(14-23)4-6-22(7-5-20)12-15-3-10-27-13-15/h1-3,10-11,13,24H,4-9,12,14H2. The van der Waals surface area contributed by atoms with E-state index in [1.54, 1.807) is 16.2 Å². The SMILES string of the molecule is O=C(c1cc(O)ccc1F)N1CCOC2(CCN(Cc3ccsc3)CC2)C1. The van der Waals surface area contributed by atoms with Gasteiger partial charge >= 0.3 is 0 Å². The van der Waals surface area contributed by atoms with Crippen LogP contribution >= 0.6 is 11.3 Å². The van der Waals surface area contributed by atoms with Crippen LogP contribution in [0.5, 0.6) is 5.75 Å². The maximum absolute atomic E-state index is 14.0. The zero-order valence-corrected chi connectivity index (χ0v) is 15.9. The third-order valence-corrected chi connectivity index (χ3v) is 6.20. The van der Waals surface area contributed by atoms with Crippen LogP contribution in [-0.2, 0) is 11.3 Å². The molecule has 2 aromatic rings. The van der Waals surface area contributed by atoms with Gasteiger partial charge in [-0.15, -0.1) is 0 Å². The first-order valence-electron chi connectivity index (χ1n) is 9.20. The molecule has 2 aliphatic heterocycles. The second-order valence-electron chi connectivity index (χ2n) is 7.33. The number of benzene rings is 1. The van der Waals surface area contributed by atoms with Crippen molar-refractivity contribution in [3.63, 3.8) is 0 Å². The van der Waals surface area contributed by atoms with Gasteiger partial charge in [-0.3, -0.25) is 9.69 Å². The van der Waals surface area contributed by atoms with E-state index in [2.05, 4.69) is 21.7 Å². The lowest BCUT2D eigenvalue weighted by atomic mass is 9.89. The fraction of sp³-hybridized carbons (Fsp3) is 0.450. The van der Waals surface area contributed by atoms with Gasteiger partial charge in [0.25, 0.3) is 5.91 Å². The number of amides is 1. The fourth-order valence-electron chi connectivity index (χ4n) is 3.93. The van der Waals surface area contributed by atoms with Crippen molar-refractivity contribution >= 4 is 17.2 Å². The van der Waals surface area contributed by atoms with Crippen molar-refractivity contribution in [2.24, 2.45) is 0 Å². The molecule has 2 aliphatic rings. The number of carbonyl (C=O) groups excluding carboxylic acids is 1. The number of aromatic hydroxyl groups is 1. The van der Waals surface area contributed by atoms with Gasteiger partial charge in [-0.25, -0.2) is 4.39 Å². The zero-order chi connectivity index (χ0) is 18.9. The Morgan fingerprint density at radius 1 is 1.26 bits per heavy atom. The summed E-state index contributed by atoms with van der Waals surface area (Å²) in [5.74, 6) is -1.10. The lowest BCUT2D eigenvalue weighted by molar-refractivity contribution is -0.128. The topological polar surface area (TPSA) is 53.0 Å². The summed E-state index contributed by atoms with van der Waals surface area (Å²) >= 11 is 1.71. The van der Waals surface area contributed by atoms with Crippen LogP contribution in [-0.4, -0.2) is 59.2 Å². The normalized spacial score (nSPS) is 20.1. The predicted molar refractivity (Wildman–Crippen MR) is 101 cm³/mol. The molecule has 7 heteroatoms. The van der Waals surface area contributed by atoms with E-state index in [9.17, 15) is 14.3 Å². The first-order valence-corrected chi connectivity index (χ1v) is 10.1. The van der Waals surface area contributed by atoms with Crippen molar-refractivity contribution in [2.45, 2.75) is 25.0 Å². The number of hydrogen-bond donors (Lipinski definition) is 1. The Hall–Kier alpha value is -1.96. The van der Waals surface area contributed by atoms with E-state index in [0.29, 0.717) is 19.7 Å². The van der Waals surface area contributed by atoms with Gasteiger partial charge in [0, 0.05) is 26.2 Å². The van der Waals surface area contributed by atoms with Gasteiger partial charge in [0.15, 0.2) is 0 Å². The molecule has 0 saturated carbocycles. The summed E-state index contributed by atoms with van der Waals surface area (Å²) in [6.45, 7) is 4.13. The molecule has 0 unspecified atom stereocenters. The molecule has 5 nitrogen and oxygen atoms in total. The molecular weight excluding hydrogens is 367 g/mol. The smallest absolute Gasteiger partial charge is 0.257 e. The molecule has 4 rings (SSSR count). The molecule has 2 fully saturated rings. The highest BCUT2D eigenvalue weighted by atomic mass is 32.1. The van der Waals surface area contributed by atoms with Gasteiger partial charge in [0.1, 0.15) is 11.6 Å². The summed E-state index contributed by atoms with van der Waals surface area (Å²) < 4.78 is 20.1. The number of phenols is 1. The third-order valence-electron chi connectivity index (χ3n) is 5.47. The van der Waals surface area contributed by atoms with Crippen molar-refractivity contribution in [3.05, 3.63) is 52.0 Å². The molecule has 144 valence electrons. The van der Waals surface area contributed by atoms with E-state index in [4.69, 9.17) is 4.74 Å². The average Bonchev–Trinajstić information content (AvgIpc) is 3.18. The number of likely N-dealkylation sites (tertiary alicyclic amines) is 1. The van der Waals surface area contributed by atoms with Crippen molar-refractivity contribution in [3.8, 4) is 5.75 Å². The summed E-state index contributed by atoms with van der Waals surface area (Å²) in [5, 5.41) is 13.9. The number of piperidine rings is 1. The average molecular weight is 390 g/mol. The molecule has 0 aliphatic carbocycles. The lowest BCUT2D eigenvalue weighted by Crippen LogP contribution is -2.58. The number of carbonyl (C=O) groups is 1. The Morgan fingerprint density at radius 3 is 2.81 bits per heavy atom. The van der Waals surface area contributed by atoms with Gasteiger partial charge in [0.2, 0.25) is 0 Å². The first-order chi connectivity index (χ1) is 13.0. The number of ether oxygens (including phenoxy) is 1. The van der Waals surface area contributed by atoms with Crippen LogP contribution in [0.25, 0.3) is 0 Å². The van der Waals surface area contributed by atoms with Gasteiger partial charge in [-0.2, -0.15) is 11.3 Å². The largest absolute Gasteiger partial charge is 0.508 e. The molecule has 0 bridgehead atoms. The van der Waals surface area contributed by atoms with Gasteiger partial charge < -0.3 is 14.7 Å². The minimum absolute atomic E-state index is 0.0815. The lowest BCUT2D eigenvalue weighted by Gasteiger charge is -2.47. The molecular formula is C20H23FN2O3S. The predicted octanol–water partition coefficient (Wildman–Crippen LogP) is 3.10. The summed E-state index contributed by atoms with van der Waals surface area (Å²) in [7, 11) is 0. The quantitative estimate of drug-likeness (QED) is 0.875. The van der Waals surface area contributed by atoms with Crippen LogP contribution in [0, 0.1) is 5.82 Å². The Bertz CT molecular complexity index is 804. The molecule has 0 atom stereocenters. The number of morpholine rings is 1. The molecule has 1 amide bonds. The van der Waals surface area contributed by atoms with Gasteiger partial charge in [0.05, 0.1) is 24.3 Å². The Balaban J connectivity index is 1.41. The highest BCUT2D eigenvalue weighted by molar-refractivity contribution is 7.07. The summed E-state index contributed by atoms with van der Waals surface area (Å²) in [4.78, 5) is 16.9. The van der Waals surface area contributed by atoms with Crippen molar-refractivity contribution < 1.29 is 19.0 Å². The number of hydrogen-bond acceptors (Lipinski definition) is 5. The minimum atomic E-state index is -0.607. The molecule has 3 heterocycles. The van der Waals surface area contributed by atoms with Gasteiger partial charge in [-0.1, -0.05) is 0 Å². The number of phenolic OH excluding ortho intramolecular Hbond substituents is 1. The summed E-state index contributed by atoms with van der Waals surface area (Å²) in [6, 6.07) is 5.72. The molecule has 27 heavy (non-hydrogen) atoms. The molecule has 1 aromatic heterocycles. The van der Waals surface area contributed by atoms with E-state index < -0.39 is 5.82 Å². The van der Waals surface area contributed by atoms with E-state index >= 15 is 0 Å². The maximum atomic E-state index is 14.0. The van der Waals surface area contributed by atoms with Crippen molar-refractivity contribution in [2.75, 3.05) is 32.8 Å². The van der Waals surface area contributed by atoms with Gasteiger partial charge in [-0.05, 0) is 53.4 Å². The second-order valence-corrected chi connectivity index (χ2v) is 8.11. The van der Waals surface area contributed by atoms with E-state index in [-0.39, 0.29) is 22.8 Å². The summed E-state index contributed by atoms with van der Waals surface area (Å²) in [6.07, 6.45) is 1.70. The highest BCUT2D eigenvalue weighted by Crippen LogP contribution is 2.32. The van der Waals surface area contributed by atoms with Crippen LogP contribution in [0.15, 0.2) is 35.0 Å².